The SMILES string of the molecule is CC1=CC2=C(CCCC2)[CH]1[Mg][CH]1C(C)=CC2=C1CCCC2=[Si](C)C. The van der Waals surface area contributed by atoms with Crippen LogP contribution in [-0.4, -0.2) is 33.9 Å². The largest absolute Gasteiger partial charge is 0.399 e. The molecule has 0 saturated carbocycles. The minimum Gasteiger partial charge on any atom is -0.0935 e. The van der Waals surface area contributed by atoms with Gasteiger partial charge in [-0.25, -0.2) is 0 Å². The Balaban J connectivity index is 1.64. The fourth-order valence-corrected chi connectivity index (χ4v) is 10.00. The molecular formula is C22H30MgSi. The van der Waals surface area contributed by atoms with Crippen LogP contribution in [0.15, 0.2) is 45.6 Å². The summed E-state index contributed by atoms with van der Waals surface area (Å²) in [5, 5.41) is 1.85. The van der Waals surface area contributed by atoms with Crippen LogP contribution in [0.4, 0.5) is 0 Å². The molecule has 0 nitrogen and oxygen atoms in total. The van der Waals surface area contributed by atoms with Crippen molar-refractivity contribution in [3.8, 4) is 0 Å². The van der Waals surface area contributed by atoms with Crippen LogP contribution in [0.2, 0.25) is 21.2 Å². The molecule has 4 aliphatic carbocycles. The summed E-state index contributed by atoms with van der Waals surface area (Å²) in [5.41, 5.74) is 10.7. The second-order valence-electron chi connectivity index (χ2n) is 8.65. The van der Waals surface area contributed by atoms with Crippen LogP contribution >= 0.6 is 0 Å². The van der Waals surface area contributed by atoms with Gasteiger partial charge in [-0.15, -0.1) is 0 Å². The molecule has 0 N–H and O–H groups in total. The number of allylic oxidation sites excluding steroid dienone is 8. The van der Waals surface area contributed by atoms with Crippen molar-refractivity contribution >= 4 is 33.9 Å². The van der Waals surface area contributed by atoms with Gasteiger partial charge in [-0.05, 0) is 64.4 Å². The van der Waals surface area contributed by atoms with Crippen LogP contribution in [0.25, 0.3) is 0 Å². The van der Waals surface area contributed by atoms with Gasteiger partial charge in [0.25, 0.3) is 0 Å². The van der Waals surface area contributed by atoms with E-state index in [0.29, 0.717) is 0 Å². The Bertz CT molecular complexity index is 725. The molecule has 0 saturated heterocycles. The summed E-state index contributed by atoms with van der Waals surface area (Å²) in [4.78, 5) is 0. The molecule has 0 aromatic carbocycles. The van der Waals surface area contributed by atoms with Crippen molar-refractivity contribution in [2.75, 3.05) is 0 Å². The Morgan fingerprint density at radius 3 is 2.29 bits per heavy atom. The summed E-state index contributed by atoms with van der Waals surface area (Å²) in [6.07, 6.45) is 15.0. The van der Waals surface area contributed by atoms with Gasteiger partial charge in [0.05, 0.1) is 0 Å². The first-order chi connectivity index (χ1) is 11.6. The molecule has 0 aliphatic heterocycles. The first-order valence-corrected chi connectivity index (χ1v) is 14.2. The molecule has 0 bridgehead atoms. The maximum atomic E-state index is 2.61. The molecule has 2 unspecified atom stereocenters. The van der Waals surface area contributed by atoms with E-state index in [1.54, 1.807) is 22.3 Å². The fourth-order valence-electron chi connectivity index (χ4n) is 5.64. The van der Waals surface area contributed by atoms with E-state index in [-0.39, 0.29) is 28.8 Å². The Kier molecular flexibility index (Phi) is 4.92. The predicted molar refractivity (Wildman–Crippen MR) is 110 cm³/mol. The quantitative estimate of drug-likeness (QED) is 0.534. The van der Waals surface area contributed by atoms with E-state index in [2.05, 4.69) is 39.1 Å². The first kappa shape index (κ1) is 17.2. The summed E-state index contributed by atoms with van der Waals surface area (Å²) in [6, 6.07) is 0. The lowest BCUT2D eigenvalue weighted by atomic mass is 9.92. The summed E-state index contributed by atoms with van der Waals surface area (Å²) >= 11 is -0.164. The average Bonchev–Trinajstić information content (AvgIpc) is 3.05. The van der Waals surface area contributed by atoms with Crippen molar-refractivity contribution < 1.29 is 0 Å². The zero-order valence-electron chi connectivity index (χ0n) is 16.0. The normalized spacial score (nSPS) is 29.2. The molecule has 4 aliphatic rings. The van der Waals surface area contributed by atoms with Gasteiger partial charge in [0.15, 0.2) is 0 Å². The third kappa shape index (κ3) is 2.93. The van der Waals surface area contributed by atoms with Crippen molar-refractivity contribution in [1.82, 2.24) is 0 Å². The molecule has 2 atom stereocenters. The van der Waals surface area contributed by atoms with E-state index in [1.807, 2.05) is 16.3 Å². The van der Waals surface area contributed by atoms with Crippen molar-refractivity contribution in [1.29, 1.82) is 0 Å². The zero-order chi connectivity index (χ0) is 16.8. The molecule has 0 amide bonds. The molecule has 24 heavy (non-hydrogen) atoms. The molecule has 0 spiro atoms. The molecule has 2 heteroatoms. The van der Waals surface area contributed by atoms with Gasteiger partial charge >= 0.3 is 20.4 Å². The topological polar surface area (TPSA) is 0 Å². The number of hydrogen-bond donors (Lipinski definition) is 0. The van der Waals surface area contributed by atoms with Crippen LogP contribution in [0, 0.1) is 0 Å². The lowest BCUT2D eigenvalue weighted by Gasteiger charge is -2.28. The molecule has 124 valence electrons. The molecular weight excluding hydrogens is 317 g/mol. The molecule has 0 fully saturated rings. The maximum absolute atomic E-state index is 2.61. The van der Waals surface area contributed by atoms with E-state index in [4.69, 9.17) is 0 Å². The van der Waals surface area contributed by atoms with Gasteiger partial charge in [-0.1, -0.05) is 66.4 Å². The standard InChI is InChI=1S/C12H17Si.C10H13.Mg/c1-9-7-10-5-4-6-12(13(2)3)11(10)8-9;1-8-6-9-4-2-3-5-10(9)7-8;/h7-8H,4-6H2,1-3H3;6-7H,2-5H2,1H3;. The average molecular weight is 347 g/mol. The molecule has 4 rings (SSSR count). The second-order valence-corrected chi connectivity index (χ2v) is 13.4. The third-order valence-electron chi connectivity index (χ3n) is 6.89. The summed E-state index contributed by atoms with van der Waals surface area (Å²) in [5.74, 6) is 0. The van der Waals surface area contributed by atoms with Crippen molar-refractivity contribution in [3.05, 3.63) is 45.6 Å². The van der Waals surface area contributed by atoms with Crippen molar-refractivity contribution in [3.63, 3.8) is 0 Å². The van der Waals surface area contributed by atoms with Crippen molar-refractivity contribution in [2.45, 2.75) is 80.0 Å². The Labute approximate surface area is 159 Å². The highest BCUT2D eigenvalue weighted by Crippen LogP contribution is 2.49. The second kappa shape index (κ2) is 6.85. The van der Waals surface area contributed by atoms with E-state index >= 15 is 0 Å². The van der Waals surface area contributed by atoms with Crippen LogP contribution in [0.1, 0.15) is 58.8 Å². The lowest BCUT2D eigenvalue weighted by molar-refractivity contribution is 0.677. The molecule has 0 aromatic rings. The molecule has 0 radical (unpaired) electrons. The maximum Gasteiger partial charge on any atom is 0.399 e. The van der Waals surface area contributed by atoms with E-state index in [0.717, 1.165) is 8.09 Å². The molecule has 0 heterocycles. The van der Waals surface area contributed by atoms with E-state index < -0.39 is 0 Å². The molecule has 0 aromatic heterocycles. The minimum atomic E-state index is -0.281. The van der Waals surface area contributed by atoms with Crippen LogP contribution in [-0.2, 0) is 0 Å². The van der Waals surface area contributed by atoms with Gasteiger partial charge in [0, 0.05) is 8.41 Å². The minimum absolute atomic E-state index is 0.164. The lowest BCUT2D eigenvalue weighted by Crippen LogP contribution is -2.20. The Morgan fingerprint density at radius 1 is 0.833 bits per heavy atom. The van der Waals surface area contributed by atoms with Crippen LogP contribution in [0.3, 0.4) is 0 Å². The van der Waals surface area contributed by atoms with Gasteiger partial charge in [0.1, 0.15) is 0 Å². The predicted octanol–water partition coefficient (Wildman–Crippen LogP) is 6.05. The summed E-state index contributed by atoms with van der Waals surface area (Å²) in [6.45, 7) is 9.85. The fraction of sp³-hybridized carbons (Fsp3) is 0.591. The summed E-state index contributed by atoms with van der Waals surface area (Å²) in [7, 11) is -0.281. The van der Waals surface area contributed by atoms with Crippen LogP contribution in [0.5, 0.6) is 0 Å². The van der Waals surface area contributed by atoms with E-state index in [9.17, 15) is 0 Å². The van der Waals surface area contributed by atoms with Crippen molar-refractivity contribution in [2.24, 2.45) is 0 Å². The summed E-state index contributed by atoms with van der Waals surface area (Å²) < 4.78 is 1.76. The smallest absolute Gasteiger partial charge is 0.0935 e. The highest BCUT2D eigenvalue weighted by atomic mass is 28.2. The third-order valence-corrected chi connectivity index (χ3v) is 11.8. The zero-order valence-corrected chi connectivity index (χ0v) is 18.4. The number of rotatable bonds is 2. The van der Waals surface area contributed by atoms with Gasteiger partial charge in [-0.2, -0.15) is 0 Å². The van der Waals surface area contributed by atoms with Crippen LogP contribution < -0.4 is 0 Å². The van der Waals surface area contributed by atoms with E-state index in [1.165, 1.54) is 44.9 Å². The number of hydrogen-bond acceptors (Lipinski definition) is 0. The Morgan fingerprint density at radius 2 is 1.50 bits per heavy atom. The first-order valence-electron chi connectivity index (χ1n) is 10.0. The highest BCUT2D eigenvalue weighted by Gasteiger charge is 2.36. The Hall–Kier alpha value is -0.187. The van der Waals surface area contributed by atoms with Gasteiger partial charge in [0.2, 0.25) is 0 Å². The van der Waals surface area contributed by atoms with Gasteiger partial charge < -0.3 is 0 Å². The monoisotopic (exact) mass is 346 g/mol. The highest BCUT2D eigenvalue weighted by molar-refractivity contribution is 6.72. The van der Waals surface area contributed by atoms with Gasteiger partial charge in [-0.3, -0.25) is 0 Å².